The van der Waals surface area contributed by atoms with Crippen LogP contribution < -0.4 is 5.73 Å². The van der Waals surface area contributed by atoms with Gasteiger partial charge in [-0.15, -0.1) is 0 Å². The van der Waals surface area contributed by atoms with Crippen LogP contribution in [0.4, 0.5) is 0 Å². The van der Waals surface area contributed by atoms with Crippen molar-refractivity contribution in [3.8, 4) is 0 Å². The highest BCUT2D eigenvalue weighted by Gasteiger charge is 2.23. The predicted molar refractivity (Wildman–Crippen MR) is 52.3 cm³/mol. The number of nitrogens with two attached hydrogens (primary N) is 1. The molecule has 0 bridgehead atoms. The van der Waals surface area contributed by atoms with Gasteiger partial charge in [0.15, 0.2) is 0 Å². The fraction of sp³-hybridized carbons (Fsp3) is 0.700. The Balaban J connectivity index is 2.25. The minimum Gasteiger partial charge on any atom is -0.324 e. The Morgan fingerprint density at radius 3 is 3.15 bits per heavy atom. The molecule has 0 amide bonds. The summed E-state index contributed by atoms with van der Waals surface area (Å²) in [4.78, 5) is 0. The maximum atomic E-state index is 5.94. The maximum absolute atomic E-state index is 5.94. The monoisotopic (exact) mass is 179 g/mol. The molecule has 0 spiro atoms. The van der Waals surface area contributed by atoms with Crippen molar-refractivity contribution in [1.29, 1.82) is 0 Å². The number of nitrogens with zero attached hydrogens (tertiary/aromatic N) is 2. The fourth-order valence-electron chi connectivity index (χ4n) is 1.96. The van der Waals surface area contributed by atoms with Gasteiger partial charge >= 0.3 is 0 Å². The van der Waals surface area contributed by atoms with Gasteiger partial charge in [-0.1, -0.05) is 13.8 Å². The van der Waals surface area contributed by atoms with Crippen LogP contribution in [0.25, 0.3) is 0 Å². The smallest absolute Gasteiger partial charge is 0.0540 e. The molecule has 3 nitrogen and oxygen atoms in total. The van der Waals surface area contributed by atoms with Gasteiger partial charge in [0.25, 0.3) is 0 Å². The topological polar surface area (TPSA) is 43.8 Å². The average molecular weight is 179 g/mol. The van der Waals surface area contributed by atoms with Crippen LogP contribution in [0.5, 0.6) is 0 Å². The molecule has 0 radical (unpaired) electrons. The summed E-state index contributed by atoms with van der Waals surface area (Å²) in [6.45, 7) is 5.44. The Morgan fingerprint density at radius 1 is 1.69 bits per heavy atom. The van der Waals surface area contributed by atoms with Gasteiger partial charge in [-0.3, -0.25) is 4.68 Å². The van der Waals surface area contributed by atoms with Crippen LogP contribution in [0.15, 0.2) is 6.20 Å². The van der Waals surface area contributed by atoms with Crippen molar-refractivity contribution in [3.63, 3.8) is 0 Å². The second-order valence-electron chi connectivity index (χ2n) is 4.27. The number of fused-ring (bicyclic) bond motifs is 1. The van der Waals surface area contributed by atoms with Crippen LogP contribution in [-0.4, -0.2) is 9.78 Å². The van der Waals surface area contributed by atoms with E-state index >= 15 is 0 Å². The van der Waals surface area contributed by atoms with Crippen LogP contribution in [0.2, 0.25) is 0 Å². The van der Waals surface area contributed by atoms with Crippen molar-refractivity contribution in [1.82, 2.24) is 9.78 Å². The Kier molecular flexibility index (Phi) is 2.12. The van der Waals surface area contributed by atoms with Crippen molar-refractivity contribution in [3.05, 3.63) is 17.5 Å². The number of rotatable bonds is 2. The van der Waals surface area contributed by atoms with Crippen LogP contribution >= 0.6 is 0 Å². The molecule has 72 valence electrons. The minimum absolute atomic E-state index is 0.232. The number of hydrogen-bond donors (Lipinski definition) is 1. The van der Waals surface area contributed by atoms with Gasteiger partial charge in [0, 0.05) is 23.8 Å². The van der Waals surface area contributed by atoms with Crippen molar-refractivity contribution < 1.29 is 0 Å². The van der Waals surface area contributed by atoms with E-state index in [0.29, 0.717) is 5.92 Å². The van der Waals surface area contributed by atoms with Gasteiger partial charge in [0.05, 0.1) is 6.20 Å². The average Bonchev–Trinajstić information content (AvgIpc) is 2.56. The summed E-state index contributed by atoms with van der Waals surface area (Å²) in [5.41, 5.74) is 8.56. The SMILES string of the molecule is CC(C)Cn1ncc2c1CCC2N. The highest BCUT2D eigenvalue weighted by atomic mass is 15.3. The zero-order valence-electron chi connectivity index (χ0n) is 8.33. The molecule has 0 saturated heterocycles. The van der Waals surface area contributed by atoms with E-state index in [1.807, 2.05) is 6.20 Å². The van der Waals surface area contributed by atoms with Gasteiger partial charge in [-0.2, -0.15) is 5.10 Å². The lowest BCUT2D eigenvalue weighted by Gasteiger charge is -2.07. The molecule has 1 aliphatic rings. The lowest BCUT2D eigenvalue weighted by Crippen LogP contribution is -2.08. The molecule has 1 aromatic heterocycles. The first kappa shape index (κ1) is 8.75. The summed E-state index contributed by atoms with van der Waals surface area (Å²) in [7, 11) is 0. The molecule has 13 heavy (non-hydrogen) atoms. The Labute approximate surface area is 78.9 Å². The fourth-order valence-corrected chi connectivity index (χ4v) is 1.96. The van der Waals surface area contributed by atoms with Gasteiger partial charge in [0.1, 0.15) is 0 Å². The van der Waals surface area contributed by atoms with Crippen LogP contribution in [0, 0.1) is 5.92 Å². The molecule has 2 N–H and O–H groups in total. The summed E-state index contributed by atoms with van der Waals surface area (Å²) in [6, 6.07) is 0.232. The largest absolute Gasteiger partial charge is 0.324 e. The van der Waals surface area contributed by atoms with E-state index in [-0.39, 0.29) is 6.04 Å². The van der Waals surface area contributed by atoms with Crippen LogP contribution in [-0.2, 0) is 13.0 Å². The molecule has 0 aromatic carbocycles. The highest BCUT2D eigenvalue weighted by molar-refractivity contribution is 5.26. The first-order chi connectivity index (χ1) is 6.18. The lowest BCUT2D eigenvalue weighted by molar-refractivity contribution is 0.469. The molecule has 1 aliphatic carbocycles. The van der Waals surface area contributed by atoms with E-state index in [2.05, 4.69) is 23.6 Å². The first-order valence-corrected chi connectivity index (χ1v) is 4.98. The van der Waals surface area contributed by atoms with E-state index in [1.54, 1.807) is 0 Å². The summed E-state index contributed by atoms with van der Waals surface area (Å²) >= 11 is 0. The third kappa shape index (κ3) is 1.48. The predicted octanol–water partition coefficient (Wildman–Crippen LogP) is 1.49. The summed E-state index contributed by atoms with van der Waals surface area (Å²) in [5, 5.41) is 4.37. The van der Waals surface area contributed by atoms with Crippen molar-refractivity contribution in [2.45, 2.75) is 39.3 Å². The molecule has 0 saturated carbocycles. The Hall–Kier alpha value is -0.830. The first-order valence-electron chi connectivity index (χ1n) is 4.98. The Bertz CT molecular complexity index is 301. The zero-order chi connectivity index (χ0) is 9.42. The summed E-state index contributed by atoms with van der Waals surface area (Å²) < 4.78 is 2.12. The van der Waals surface area contributed by atoms with E-state index in [4.69, 9.17) is 5.73 Å². The quantitative estimate of drug-likeness (QED) is 0.747. The second-order valence-corrected chi connectivity index (χ2v) is 4.27. The third-order valence-corrected chi connectivity index (χ3v) is 2.61. The molecule has 3 heteroatoms. The molecule has 1 unspecified atom stereocenters. The lowest BCUT2D eigenvalue weighted by atomic mass is 10.2. The molecular weight excluding hydrogens is 162 g/mol. The van der Waals surface area contributed by atoms with Crippen molar-refractivity contribution in [2.24, 2.45) is 11.7 Å². The highest BCUT2D eigenvalue weighted by Crippen LogP contribution is 2.28. The van der Waals surface area contributed by atoms with Gasteiger partial charge in [-0.25, -0.2) is 0 Å². The standard InChI is InChI=1S/C10H17N3/c1-7(2)6-13-10-4-3-9(11)8(10)5-12-13/h5,7,9H,3-4,6,11H2,1-2H3. The third-order valence-electron chi connectivity index (χ3n) is 2.61. The molecular formula is C10H17N3. The number of aromatic nitrogens is 2. The van der Waals surface area contributed by atoms with Gasteiger partial charge in [0.2, 0.25) is 0 Å². The second kappa shape index (κ2) is 3.14. The zero-order valence-corrected chi connectivity index (χ0v) is 8.33. The molecule has 2 rings (SSSR count). The number of hydrogen-bond acceptors (Lipinski definition) is 2. The van der Waals surface area contributed by atoms with E-state index < -0.39 is 0 Å². The molecule has 1 atom stereocenters. The molecule has 1 heterocycles. The molecule has 0 aliphatic heterocycles. The van der Waals surface area contributed by atoms with E-state index in [1.165, 1.54) is 11.3 Å². The summed E-state index contributed by atoms with van der Waals surface area (Å²) in [5.74, 6) is 0.654. The van der Waals surface area contributed by atoms with E-state index in [9.17, 15) is 0 Å². The normalized spacial score (nSPS) is 21.1. The van der Waals surface area contributed by atoms with Gasteiger partial charge in [-0.05, 0) is 18.8 Å². The summed E-state index contributed by atoms with van der Waals surface area (Å²) in [6.07, 6.45) is 4.13. The molecule has 0 fully saturated rings. The van der Waals surface area contributed by atoms with Gasteiger partial charge < -0.3 is 5.73 Å². The van der Waals surface area contributed by atoms with E-state index in [0.717, 1.165) is 19.4 Å². The maximum Gasteiger partial charge on any atom is 0.0540 e. The van der Waals surface area contributed by atoms with Crippen LogP contribution in [0.1, 0.15) is 37.6 Å². The van der Waals surface area contributed by atoms with Crippen LogP contribution in [0.3, 0.4) is 0 Å². The molecule has 1 aromatic rings. The van der Waals surface area contributed by atoms with Crippen molar-refractivity contribution >= 4 is 0 Å². The minimum atomic E-state index is 0.232. The van der Waals surface area contributed by atoms with Crippen molar-refractivity contribution in [2.75, 3.05) is 0 Å². The Morgan fingerprint density at radius 2 is 2.46 bits per heavy atom.